The Kier molecular flexibility index (Phi) is 2.36. The summed E-state index contributed by atoms with van der Waals surface area (Å²) in [6.07, 6.45) is 0. The Hall–Kier alpha value is -0.300. The maximum absolute atomic E-state index is 11.9. The fraction of sp³-hybridized carbons (Fsp3) is 1.00. The number of halogens is 3. The molecule has 0 aromatic heterocycles. The lowest BCUT2D eigenvalue weighted by molar-refractivity contribution is -0.0910. The van der Waals surface area contributed by atoms with Gasteiger partial charge in [-0.15, -0.1) is 0 Å². The summed E-state index contributed by atoms with van der Waals surface area (Å²) >= 11 is 0. The van der Waals surface area contributed by atoms with Crippen molar-refractivity contribution in [3.05, 3.63) is 0 Å². The van der Waals surface area contributed by atoms with Gasteiger partial charge in [-0.25, -0.2) is 8.42 Å². The van der Waals surface area contributed by atoms with E-state index in [1.165, 1.54) is 6.92 Å². The van der Waals surface area contributed by atoms with E-state index in [9.17, 15) is 21.6 Å². The predicted octanol–water partition coefficient (Wildman–Crippen LogP) is 0.958. The lowest BCUT2D eigenvalue weighted by Gasteiger charge is -2.37. The van der Waals surface area contributed by atoms with Crippen molar-refractivity contribution in [3.63, 3.8) is 0 Å². The van der Waals surface area contributed by atoms with Gasteiger partial charge in [0.25, 0.3) is 0 Å². The molecule has 0 spiro atoms. The zero-order valence-electron chi connectivity index (χ0n) is 6.89. The van der Waals surface area contributed by atoms with Crippen molar-refractivity contribution in [2.45, 2.75) is 12.4 Å². The second kappa shape index (κ2) is 2.84. The van der Waals surface area contributed by atoms with Crippen LogP contribution < -0.4 is 0 Å². The van der Waals surface area contributed by atoms with Gasteiger partial charge in [-0.2, -0.15) is 13.2 Å². The van der Waals surface area contributed by atoms with E-state index in [1.807, 2.05) is 0 Å². The van der Waals surface area contributed by atoms with E-state index in [-0.39, 0.29) is 13.2 Å². The number of sulfone groups is 1. The maximum Gasteiger partial charge on any atom is 0.497 e. The molecule has 3 nitrogen and oxygen atoms in total. The first-order valence-corrected chi connectivity index (χ1v) is 5.18. The molecule has 13 heavy (non-hydrogen) atoms. The van der Waals surface area contributed by atoms with Gasteiger partial charge in [0, 0.05) is 5.41 Å². The number of rotatable bonds is 2. The Bertz CT molecular complexity index is 289. The number of ether oxygens (including phenoxy) is 1. The zero-order valence-corrected chi connectivity index (χ0v) is 7.70. The molecule has 0 aromatic rings. The fourth-order valence-electron chi connectivity index (χ4n) is 1.07. The molecule has 0 atom stereocenters. The number of alkyl halides is 3. The van der Waals surface area contributed by atoms with Crippen molar-refractivity contribution >= 4 is 9.84 Å². The third kappa shape index (κ3) is 2.14. The van der Waals surface area contributed by atoms with Gasteiger partial charge >= 0.3 is 5.51 Å². The molecule has 0 radical (unpaired) electrons. The molecule has 1 rings (SSSR count). The number of hydrogen-bond acceptors (Lipinski definition) is 3. The summed E-state index contributed by atoms with van der Waals surface area (Å²) in [6, 6.07) is 0. The van der Waals surface area contributed by atoms with Crippen LogP contribution in [0.15, 0.2) is 0 Å². The highest BCUT2D eigenvalue weighted by molar-refractivity contribution is 7.92. The van der Waals surface area contributed by atoms with Gasteiger partial charge in [-0.1, -0.05) is 6.92 Å². The molecule has 78 valence electrons. The Morgan fingerprint density at radius 3 is 2.08 bits per heavy atom. The van der Waals surface area contributed by atoms with E-state index in [4.69, 9.17) is 0 Å². The van der Waals surface area contributed by atoms with Crippen LogP contribution in [0, 0.1) is 5.41 Å². The van der Waals surface area contributed by atoms with Crippen LogP contribution in [0.3, 0.4) is 0 Å². The summed E-state index contributed by atoms with van der Waals surface area (Å²) in [5.74, 6) is -0.885. The summed E-state index contributed by atoms with van der Waals surface area (Å²) in [5, 5.41) is 0. The van der Waals surface area contributed by atoms with Crippen LogP contribution in [-0.4, -0.2) is 32.9 Å². The Morgan fingerprint density at radius 2 is 1.85 bits per heavy atom. The van der Waals surface area contributed by atoms with Crippen molar-refractivity contribution in [1.29, 1.82) is 0 Å². The second-order valence-electron chi connectivity index (χ2n) is 3.51. The van der Waals surface area contributed by atoms with Crippen LogP contribution in [0.1, 0.15) is 6.92 Å². The van der Waals surface area contributed by atoms with Crippen LogP contribution >= 0.6 is 0 Å². The van der Waals surface area contributed by atoms with Gasteiger partial charge in [-0.05, 0) is 0 Å². The van der Waals surface area contributed by atoms with Crippen molar-refractivity contribution in [1.82, 2.24) is 0 Å². The SMILES string of the molecule is CC1(CS(=O)(=O)C(F)(F)F)COC1. The standard InChI is InChI=1S/C6H9F3O3S/c1-5(2-12-3-5)4-13(10,11)6(7,8)9/h2-4H2,1H3. The van der Waals surface area contributed by atoms with Crippen LogP contribution in [-0.2, 0) is 14.6 Å². The molecule has 1 aliphatic rings. The minimum atomic E-state index is -5.15. The normalized spacial score (nSPS) is 22.5. The summed E-state index contributed by atoms with van der Waals surface area (Å²) in [6.45, 7) is 1.60. The first-order valence-electron chi connectivity index (χ1n) is 3.53. The van der Waals surface area contributed by atoms with Gasteiger partial charge in [0.05, 0.1) is 19.0 Å². The second-order valence-corrected chi connectivity index (χ2v) is 5.49. The smallest absolute Gasteiger partial charge is 0.380 e. The van der Waals surface area contributed by atoms with Gasteiger partial charge in [0.2, 0.25) is 9.84 Å². The van der Waals surface area contributed by atoms with E-state index in [2.05, 4.69) is 4.74 Å². The largest absolute Gasteiger partial charge is 0.497 e. The molecule has 1 fully saturated rings. The van der Waals surface area contributed by atoms with E-state index < -0.39 is 26.5 Å². The third-order valence-corrected chi connectivity index (χ3v) is 3.57. The van der Waals surface area contributed by atoms with E-state index in [1.54, 1.807) is 0 Å². The zero-order chi connectivity index (χ0) is 10.3. The van der Waals surface area contributed by atoms with Gasteiger partial charge in [0.15, 0.2) is 0 Å². The molecule has 7 heteroatoms. The molecular formula is C6H9F3O3S. The molecule has 1 aliphatic heterocycles. The topological polar surface area (TPSA) is 43.4 Å². The lowest BCUT2D eigenvalue weighted by Crippen LogP contribution is -2.47. The molecule has 0 saturated carbocycles. The van der Waals surface area contributed by atoms with Crippen molar-refractivity contribution in [3.8, 4) is 0 Å². The summed E-state index contributed by atoms with van der Waals surface area (Å²) in [7, 11) is -5.00. The molecular weight excluding hydrogens is 209 g/mol. The predicted molar refractivity (Wildman–Crippen MR) is 38.8 cm³/mol. The Morgan fingerprint density at radius 1 is 1.38 bits per heavy atom. The highest BCUT2D eigenvalue weighted by Crippen LogP contribution is 2.34. The first-order chi connectivity index (χ1) is 5.66. The summed E-state index contributed by atoms with van der Waals surface area (Å²) in [4.78, 5) is 0. The molecule has 0 unspecified atom stereocenters. The van der Waals surface area contributed by atoms with Crippen molar-refractivity contribution in [2.75, 3.05) is 19.0 Å². The fourth-order valence-corrected chi connectivity index (χ4v) is 2.32. The number of hydrogen-bond donors (Lipinski definition) is 0. The van der Waals surface area contributed by atoms with Gasteiger partial charge in [0.1, 0.15) is 0 Å². The summed E-state index contributed by atoms with van der Waals surface area (Å²) < 4.78 is 61.7. The molecule has 0 bridgehead atoms. The molecule has 1 heterocycles. The molecule has 1 saturated heterocycles. The van der Waals surface area contributed by atoms with E-state index >= 15 is 0 Å². The van der Waals surface area contributed by atoms with Crippen LogP contribution in [0.5, 0.6) is 0 Å². The van der Waals surface area contributed by atoms with Gasteiger partial charge < -0.3 is 4.74 Å². The Balaban J connectivity index is 2.73. The van der Waals surface area contributed by atoms with Crippen LogP contribution in [0.4, 0.5) is 13.2 Å². The van der Waals surface area contributed by atoms with Crippen LogP contribution in [0.2, 0.25) is 0 Å². The minimum absolute atomic E-state index is 0.0717. The highest BCUT2D eigenvalue weighted by Gasteiger charge is 2.51. The third-order valence-electron chi connectivity index (χ3n) is 1.79. The van der Waals surface area contributed by atoms with Crippen molar-refractivity contribution < 1.29 is 26.3 Å². The molecule has 0 amide bonds. The van der Waals surface area contributed by atoms with E-state index in [0.29, 0.717) is 0 Å². The van der Waals surface area contributed by atoms with Crippen molar-refractivity contribution in [2.24, 2.45) is 5.41 Å². The highest BCUT2D eigenvalue weighted by atomic mass is 32.2. The monoisotopic (exact) mass is 218 g/mol. The van der Waals surface area contributed by atoms with Crippen LogP contribution in [0.25, 0.3) is 0 Å². The van der Waals surface area contributed by atoms with Gasteiger partial charge in [-0.3, -0.25) is 0 Å². The average Bonchev–Trinajstić information content (AvgIpc) is 1.80. The first kappa shape index (κ1) is 10.8. The average molecular weight is 218 g/mol. The Labute approximate surface area is 73.8 Å². The lowest BCUT2D eigenvalue weighted by atomic mass is 9.92. The molecule has 0 aliphatic carbocycles. The van der Waals surface area contributed by atoms with E-state index in [0.717, 1.165) is 0 Å². The quantitative estimate of drug-likeness (QED) is 0.693. The molecule has 0 aromatic carbocycles. The molecule has 0 N–H and O–H groups in total. The maximum atomic E-state index is 11.9. The summed E-state index contributed by atoms with van der Waals surface area (Å²) in [5.41, 5.74) is -6.01. The minimum Gasteiger partial charge on any atom is -0.380 e.